The molecule has 2 saturated carbocycles. The Hall–Kier alpha value is -2.76. The molecule has 3 fully saturated rings. The molecule has 0 radical (unpaired) electrons. The first-order valence-electron chi connectivity index (χ1n) is 15.8. The van der Waals surface area contributed by atoms with E-state index in [9.17, 15) is 20.4 Å². The largest absolute Gasteiger partial charge is 0.393 e. The third-order valence-electron chi connectivity index (χ3n) is 9.03. The van der Waals surface area contributed by atoms with Crippen LogP contribution in [0.4, 0.5) is 0 Å². The molecular weight excluding hydrogens is 548 g/mol. The van der Waals surface area contributed by atoms with Gasteiger partial charge in [0.15, 0.2) is 0 Å². The van der Waals surface area contributed by atoms with Crippen molar-refractivity contribution in [3.05, 3.63) is 113 Å². The van der Waals surface area contributed by atoms with Gasteiger partial charge in [-0.15, -0.1) is 5.73 Å². The van der Waals surface area contributed by atoms with E-state index in [0.29, 0.717) is 25.7 Å². The topological polar surface area (TPSA) is 93.5 Å². The lowest BCUT2D eigenvalue weighted by molar-refractivity contribution is -0.0268. The maximum absolute atomic E-state index is 10.8. The maximum Gasteiger partial charge on any atom is 0.118 e. The van der Waals surface area contributed by atoms with Gasteiger partial charge in [0.25, 0.3) is 0 Å². The highest BCUT2D eigenvalue weighted by molar-refractivity contribution is 5.35. The first kappa shape index (κ1) is 35.7. The van der Waals surface area contributed by atoms with Crippen molar-refractivity contribution in [1.82, 2.24) is 0 Å². The molecule has 0 spiro atoms. The normalized spacial score (nSPS) is 33.0. The molecule has 2 aliphatic carbocycles. The van der Waals surface area contributed by atoms with Crippen molar-refractivity contribution in [2.24, 2.45) is 10.8 Å². The van der Waals surface area contributed by atoms with Gasteiger partial charge < -0.3 is 25.2 Å². The van der Waals surface area contributed by atoms with Crippen molar-refractivity contribution in [1.29, 1.82) is 0 Å². The number of rotatable bonds is 10. The molecule has 240 valence electrons. The van der Waals surface area contributed by atoms with Crippen LogP contribution in [0, 0.1) is 10.8 Å². The van der Waals surface area contributed by atoms with Gasteiger partial charge in [0.05, 0.1) is 30.5 Å². The summed E-state index contributed by atoms with van der Waals surface area (Å²) >= 11 is 0. The average molecular weight is 603 g/mol. The number of hydrogen-bond donors (Lipinski definition) is 4. The molecule has 1 heterocycles. The highest BCUT2D eigenvalue weighted by Gasteiger charge is 2.66. The lowest BCUT2D eigenvalue weighted by Crippen LogP contribution is -2.45. The molecule has 1 saturated heterocycles. The van der Waals surface area contributed by atoms with Crippen LogP contribution in [0.1, 0.15) is 81.1 Å². The molecule has 3 rings (SSSR count). The summed E-state index contributed by atoms with van der Waals surface area (Å²) in [5.74, 6) is 0. The third kappa shape index (κ3) is 9.37. The smallest absolute Gasteiger partial charge is 0.118 e. The van der Waals surface area contributed by atoms with Crippen LogP contribution in [0.5, 0.6) is 0 Å². The predicted molar refractivity (Wildman–Crippen MR) is 181 cm³/mol. The minimum absolute atomic E-state index is 0.0504. The molecule has 0 bridgehead atoms. The van der Waals surface area contributed by atoms with E-state index < -0.39 is 11.7 Å². The molecule has 0 aromatic rings. The first-order valence-corrected chi connectivity index (χ1v) is 15.8. The molecule has 44 heavy (non-hydrogen) atoms. The van der Waals surface area contributed by atoms with Crippen molar-refractivity contribution in [3.63, 3.8) is 0 Å². The Bertz CT molecular complexity index is 1330. The van der Waals surface area contributed by atoms with Crippen molar-refractivity contribution in [3.8, 4) is 0 Å². The Morgan fingerprint density at radius 3 is 1.95 bits per heavy atom. The Balaban J connectivity index is 1.54. The molecular formula is C39H54O5. The number of aliphatic hydroxyl groups excluding tert-OH is 3. The Morgan fingerprint density at radius 2 is 1.39 bits per heavy atom. The molecule has 0 aromatic carbocycles. The quantitative estimate of drug-likeness (QED) is 0.120. The van der Waals surface area contributed by atoms with Crippen molar-refractivity contribution in [2.45, 2.75) is 111 Å². The van der Waals surface area contributed by atoms with Gasteiger partial charge in [-0.3, -0.25) is 0 Å². The fourth-order valence-electron chi connectivity index (χ4n) is 6.70. The molecule has 0 unspecified atom stereocenters. The summed E-state index contributed by atoms with van der Waals surface area (Å²) in [6, 6.07) is 0. The second-order valence-corrected chi connectivity index (χ2v) is 14.3. The highest BCUT2D eigenvalue weighted by atomic mass is 16.6. The van der Waals surface area contributed by atoms with Gasteiger partial charge in [-0.05, 0) is 69.2 Å². The summed E-state index contributed by atoms with van der Waals surface area (Å²) in [5.41, 5.74) is 6.31. The molecule has 5 nitrogen and oxygen atoms in total. The van der Waals surface area contributed by atoms with Gasteiger partial charge in [0, 0.05) is 23.8 Å². The van der Waals surface area contributed by atoms with Crippen LogP contribution in [0.25, 0.3) is 0 Å². The Morgan fingerprint density at radius 1 is 0.795 bits per heavy atom. The van der Waals surface area contributed by atoms with E-state index in [-0.39, 0.29) is 35.2 Å². The molecule has 4 N–H and O–H groups in total. The fraction of sp³-hybridized carbons (Fsp3) is 0.513. The number of ether oxygens (including phenoxy) is 1. The van der Waals surface area contributed by atoms with Crippen LogP contribution >= 0.6 is 0 Å². The van der Waals surface area contributed by atoms with Crippen LogP contribution in [0.2, 0.25) is 0 Å². The molecule has 1 aliphatic heterocycles. The lowest BCUT2D eigenvalue weighted by atomic mass is 9.65. The minimum Gasteiger partial charge on any atom is -0.393 e. The van der Waals surface area contributed by atoms with Gasteiger partial charge in [0.1, 0.15) is 5.60 Å². The van der Waals surface area contributed by atoms with Gasteiger partial charge >= 0.3 is 0 Å². The van der Waals surface area contributed by atoms with Gasteiger partial charge in [-0.25, -0.2) is 0 Å². The SMILES string of the molecule is C\C(C=C=C1C(C)(C)C[C@@H](O)C[C@@]1(C)O)=C/C=C/C(C)=C/C=C/C=C(C)/C=C/C=C(/C=C/[C@]12O[C@H]1C[C@@H](O)CC2(C)C)CO. The third-order valence-corrected chi connectivity index (χ3v) is 9.03. The summed E-state index contributed by atoms with van der Waals surface area (Å²) in [4.78, 5) is 0. The summed E-state index contributed by atoms with van der Waals surface area (Å²) in [6.07, 6.45) is 27.5. The summed E-state index contributed by atoms with van der Waals surface area (Å²) in [5, 5.41) is 40.9. The Labute approximate surface area is 265 Å². The average Bonchev–Trinajstić information content (AvgIpc) is 3.61. The van der Waals surface area contributed by atoms with E-state index in [1.807, 2.05) is 108 Å². The van der Waals surface area contributed by atoms with Crippen LogP contribution in [-0.2, 0) is 4.74 Å². The van der Waals surface area contributed by atoms with E-state index in [2.05, 4.69) is 25.7 Å². The minimum atomic E-state index is -1.06. The van der Waals surface area contributed by atoms with Gasteiger partial charge in [-0.2, -0.15) is 0 Å². The van der Waals surface area contributed by atoms with Crippen molar-refractivity contribution < 1.29 is 25.2 Å². The van der Waals surface area contributed by atoms with Crippen LogP contribution in [0.3, 0.4) is 0 Å². The van der Waals surface area contributed by atoms with Crippen LogP contribution in [0.15, 0.2) is 113 Å². The maximum atomic E-state index is 10.8. The number of epoxide rings is 1. The fourth-order valence-corrected chi connectivity index (χ4v) is 6.70. The lowest BCUT2D eigenvalue weighted by Gasteiger charge is -2.43. The molecule has 3 aliphatic rings. The molecule has 0 amide bonds. The zero-order valence-corrected chi connectivity index (χ0v) is 28.0. The van der Waals surface area contributed by atoms with Crippen molar-refractivity contribution >= 4 is 0 Å². The standard InChI is InChI=1S/C39H54O5/c1-28(15-11-16-30(3)19-20-34-36(4,5)24-33(42)26-38(34,8)43)13-9-10-14-29(2)17-12-18-31(27-40)21-22-39-35(44-39)23-32(41)25-37(39,6)7/h9-19,21-22,32-33,35,40-43H,23-27H2,1-8H3/b10-9+,15-11+,17-12+,22-21+,28-13+,29-14+,30-16+,31-18-/t20?,32-,33-,35+,38-,39+/m1/s1. The zero-order chi connectivity index (χ0) is 32.8. The van der Waals surface area contributed by atoms with E-state index in [0.717, 1.165) is 27.9 Å². The summed E-state index contributed by atoms with van der Waals surface area (Å²) in [6.45, 7) is 16.1. The van der Waals surface area contributed by atoms with E-state index in [1.54, 1.807) is 6.92 Å². The second kappa shape index (κ2) is 14.6. The van der Waals surface area contributed by atoms with Crippen LogP contribution in [-0.4, -0.2) is 56.5 Å². The van der Waals surface area contributed by atoms with Gasteiger partial charge in [-0.1, -0.05) is 106 Å². The monoisotopic (exact) mass is 602 g/mol. The molecule has 0 aromatic heterocycles. The van der Waals surface area contributed by atoms with Crippen LogP contribution < -0.4 is 0 Å². The Kier molecular flexibility index (Phi) is 11.8. The highest BCUT2D eigenvalue weighted by Crippen LogP contribution is 2.59. The zero-order valence-electron chi connectivity index (χ0n) is 28.0. The summed E-state index contributed by atoms with van der Waals surface area (Å²) in [7, 11) is 0. The molecule has 5 atom stereocenters. The first-order chi connectivity index (χ1) is 20.5. The number of hydrogen-bond acceptors (Lipinski definition) is 5. The second-order valence-electron chi connectivity index (χ2n) is 14.3. The van der Waals surface area contributed by atoms with E-state index in [4.69, 9.17) is 4.74 Å². The molecule has 5 heteroatoms. The summed E-state index contributed by atoms with van der Waals surface area (Å²) < 4.78 is 6.02. The van der Waals surface area contributed by atoms with Gasteiger partial charge in [0.2, 0.25) is 0 Å². The van der Waals surface area contributed by atoms with E-state index >= 15 is 0 Å². The number of fused-ring (bicyclic) bond motifs is 1. The van der Waals surface area contributed by atoms with E-state index in [1.165, 1.54) is 0 Å². The number of allylic oxidation sites excluding steroid dienone is 13. The van der Waals surface area contributed by atoms with Crippen molar-refractivity contribution in [2.75, 3.05) is 6.61 Å². The number of aliphatic hydroxyl groups is 4. The predicted octanol–water partition coefficient (Wildman–Crippen LogP) is 7.30.